The zero-order valence-corrected chi connectivity index (χ0v) is 19.3. The minimum absolute atomic E-state index is 0.140. The van der Waals surface area contributed by atoms with E-state index in [9.17, 15) is 19.1 Å². The highest BCUT2D eigenvalue weighted by Crippen LogP contribution is 2.45. The number of nitrogens with zero attached hydrogens (tertiary/aromatic N) is 1. The lowest BCUT2D eigenvalue weighted by atomic mass is 9.94. The fourth-order valence-corrected chi connectivity index (χ4v) is 4.37. The van der Waals surface area contributed by atoms with Crippen LogP contribution in [-0.2, 0) is 9.59 Å². The van der Waals surface area contributed by atoms with Crippen LogP contribution in [0, 0.1) is 19.7 Å². The molecule has 34 heavy (non-hydrogen) atoms. The number of methoxy groups -OCH3 is 2. The molecule has 7 heteroatoms. The normalized spacial score (nSPS) is 17.2. The predicted octanol–water partition coefficient (Wildman–Crippen LogP) is 5.09. The summed E-state index contributed by atoms with van der Waals surface area (Å²) in [5.41, 5.74) is 2.79. The Morgan fingerprint density at radius 2 is 1.47 bits per heavy atom. The van der Waals surface area contributed by atoms with Crippen molar-refractivity contribution in [2.24, 2.45) is 0 Å². The number of aryl methyl sites for hydroxylation is 2. The highest BCUT2D eigenvalue weighted by molar-refractivity contribution is 6.51. The molecule has 1 unspecified atom stereocenters. The Morgan fingerprint density at radius 1 is 0.912 bits per heavy atom. The number of rotatable bonds is 5. The number of hydrogen-bond acceptors (Lipinski definition) is 5. The smallest absolute Gasteiger partial charge is 0.300 e. The number of ketones is 1. The summed E-state index contributed by atoms with van der Waals surface area (Å²) < 4.78 is 24.5. The highest BCUT2D eigenvalue weighted by atomic mass is 19.1. The van der Waals surface area contributed by atoms with Crippen LogP contribution in [0.4, 0.5) is 10.1 Å². The summed E-state index contributed by atoms with van der Waals surface area (Å²) in [6.45, 7) is 3.78. The van der Waals surface area contributed by atoms with Gasteiger partial charge in [-0.15, -0.1) is 0 Å². The molecule has 6 nitrogen and oxygen atoms in total. The second-order valence-corrected chi connectivity index (χ2v) is 8.10. The predicted molar refractivity (Wildman–Crippen MR) is 127 cm³/mol. The minimum atomic E-state index is -0.989. The van der Waals surface area contributed by atoms with E-state index in [1.807, 2.05) is 19.9 Å². The fraction of sp³-hybridized carbons (Fsp3) is 0.185. The van der Waals surface area contributed by atoms with Gasteiger partial charge in [0.1, 0.15) is 28.6 Å². The molecule has 174 valence electrons. The van der Waals surface area contributed by atoms with Crippen LogP contribution in [0.3, 0.4) is 0 Å². The number of carbonyl (C=O) groups is 2. The van der Waals surface area contributed by atoms with Crippen LogP contribution < -0.4 is 14.4 Å². The van der Waals surface area contributed by atoms with E-state index in [4.69, 9.17) is 9.47 Å². The Hall–Kier alpha value is -4.13. The Labute approximate surface area is 196 Å². The zero-order chi connectivity index (χ0) is 24.6. The largest absolute Gasteiger partial charge is 0.506 e. The quantitative estimate of drug-likeness (QED) is 0.326. The van der Waals surface area contributed by atoms with Crippen molar-refractivity contribution in [2.45, 2.75) is 19.9 Å². The van der Waals surface area contributed by atoms with E-state index < -0.39 is 29.3 Å². The maximum atomic E-state index is 13.7. The topological polar surface area (TPSA) is 76.1 Å². The van der Waals surface area contributed by atoms with Crippen molar-refractivity contribution < 1.29 is 28.6 Å². The van der Waals surface area contributed by atoms with Crippen molar-refractivity contribution >= 4 is 23.1 Å². The molecule has 1 N–H and O–H groups in total. The Morgan fingerprint density at radius 3 is 2.00 bits per heavy atom. The molecule has 1 saturated heterocycles. The number of anilines is 1. The van der Waals surface area contributed by atoms with Gasteiger partial charge in [0, 0.05) is 5.69 Å². The molecule has 1 heterocycles. The second kappa shape index (κ2) is 9.02. The van der Waals surface area contributed by atoms with E-state index >= 15 is 0 Å². The van der Waals surface area contributed by atoms with Gasteiger partial charge in [-0.05, 0) is 66.9 Å². The average Bonchev–Trinajstić information content (AvgIpc) is 3.08. The van der Waals surface area contributed by atoms with Gasteiger partial charge in [-0.1, -0.05) is 24.3 Å². The maximum Gasteiger partial charge on any atom is 0.300 e. The third kappa shape index (κ3) is 3.90. The number of aliphatic hydroxyl groups is 1. The van der Waals surface area contributed by atoms with Crippen molar-refractivity contribution in [3.63, 3.8) is 0 Å². The monoisotopic (exact) mass is 461 g/mol. The third-order valence-corrected chi connectivity index (χ3v) is 5.78. The summed E-state index contributed by atoms with van der Waals surface area (Å²) in [7, 11) is 2.86. The van der Waals surface area contributed by atoms with Crippen LogP contribution in [-0.4, -0.2) is 31.0 Å². The number of ether oxygens (including phenoxy) is 2. The van der Waals surface area contributed by atoms with E-state index in [1.54, 1.807) is 30.3 Å². The molecule has 0 radical (unpaired) electrons. The van der Waals surface area contributed by atoms with Crippen LogP contribution >= 0.6 is 0 Å². The highest BCUT2D eigenvalue weighted by Gasteiger charge is 2.47. The SMILES string of the molecule is COc1cccc(OC)c1/C(O)=C1\C(=O)C(=O)N(c2cc(C)cc(C)c2)C1c1ccc(F)cc1. The number of amides is 1. The molecule has 1 amide bonds. The molecule has 3 aromatic rings. The van der Waals surface area contributed by atoms with Crippen molar-refractivity contribution in [3.05, 3.63) is 94.3 Å². The fourth-order valence-electron chi connectivity index (χ4n) is 4.37. The number of halogens is 1. The molecule has 0 aliphatic carbocycles. The van der Waals surface area contributed by atoms with Gasteiger partial charge in [-0.3, -0.25) is 14.5 Å². The first-order chi connectivity index (χ1) is 16.3. The number of carbonyl (C=O) groups excluding carboxylic acids is 2. The number of Topliss-reactive ketones (excluding diaryl/α,β-unsaturated/α-hetero) is 1. The molecule has 1 aliphatic rings. The maximum absolute atomic E-state index is 13.7. The number of hydrogen-bond donors (Lipinski definition) is 1. The standard InChI is InChI=1S/C27H24FNO5/c1-15-12-16(2)14-19(13-15)29-24(17-8-10-18(28)11-9-17)23(26(31)27(29)32)25(30)22-20(33-3)6-5-7-21(22)34-4/h5-14,24,30H,1-4H3/b25-23+. The van der Waals surface area contributed by atoms with Crippen LogP contribution in [0.1, 0.15) is 28.3 Å². The molecule has 3 aromatic carbocycles. The second-order valence-electron chi connectivity index (χ2n) is 8.10. The van der Waals surface area contributed by atoms with Gasteiger partial charge in [-0.2, -0.15) is 0 Å². The summed E-state index contributed by atoms with van der Waals surface area (Å²) in [5.74, 6) is -2.01. The first-order valence-corrected chi connectivity index (χ1v) is 10.6. The lowest BCUT2D eigenvalue weighted by Crippen LogP contribution is -2.29. The van der Waals surface area contributed by atoms with Crippen molar-refractivity contribution in [1.82, 2.24) is 0 Å². The minimum Gasteiger partial charge on any atom is -0.506 e. The molecule has 0 spiro atoms. The molecular formula is C27H24FNO5. The molecule has 0 aromatic heterocycles. The van der Waals surface area contributed by atoms with E-state index in [0.717, 1.165) is 11.1 Å². The van der Waals surface area contributed by atoms with Gasteiger partial charge >= 0.3 is 0 Å². The lowest BCUT2D eigenvalue weighted by molar-refractivity contribution is -0.132. The van der Waals surface area contributed by atoms with Crippen LogP contribution in [0.5, 0.6) is 11.5 Å². The van der Waals surface area contributed by atoms with Gasteiger partial charge in [0.05, 0.1) is 25.8 Å². The molecule has 0 saturated carbocycles. The molecule has 0 bridgehead atoms. The van der Waals surface area contributed by atoms with E-state index in [-0.39, 0.29) is 22.6 Å². The summed E-state index contributed by atoms with van der Waals surface area (Å²) in [6, 6.07) is 14.9. The van der Waals surface area contributed by atoms with E-state index in [2.05, 4.69) is 0 Å². The molecule has 4 rings (SSSR count). The van der Waals surface area contributed by atoms with Crippen LogP contribution in [0.2, 0.25) is 0 Å². The zero-order valence-electron chi connectivity index (χ0n) is 19.3. The first kappa shape index (κ1) is 23.0. The molecule has 1 atom stereocenters. The first-order valence-electron chi connectivity index (χ1n) is 10.6. The van der Waals surface area contributed by atoms with E-state index in [1.165, 1.54) is 43.4 Å². The van der Waals surface area contributed by atoms with E-state index in [0.29, 0.717) is 11.3 Å². The van der Waals surface area contributed by atoms with Gasteiger partial charge in [0.2, 0.25) is 0 Å². The Balaban J connectivity index is 2.03. The Kier molecular flexibility index (Phi) is 6.11. The summed E-state index contributed by atoms with van der Waals surface area (Å²) >= 11 is 0. The average molecular weight is 461 g/mol. The number of benzene rings is 3. The van der Waals surface area contributed by atoms with Crippen LogP contribution in [0.15, 0.2) is 66.2 Å². The van der Waals surface area contributed by atoms with Crippen LogP contribution in [0.25, 0.3) is 5.76 Å². The summed E-state index contributed by atoms with van der Waals surface area (Å²) in [5, 5.41) is 11.4. The number of aliphatic hydroxyl groups excluding tert-OH is 1. The van der Waals surface area contributed by atoms with Crippen molar-refractivity contribution in [2.75, 3.05) is 19.1 Å². The van der Waals surface area contributed by atoms with Crippen molar-refractivity contribution in [3.8, 4) is 11.5 Å². The van der Waals surface area contributed by atoms with Gasteiger partial charge in [0.15, 0.2) is 0 Å². The summed E-state index contributed by atoms with van der Waals surface area (Å²) in [6.07, 6.45) is 0. The third-order valence-electron chi connectivity index (χ3n) is 5.78. The lowest BCUT2D eigenvalue weighted by Gasteiger charge is -2.26. The van der Waals surface area contributed by atoms with Gasteiger partial charge in [0.25, 0.3) is 11.7 Å². The van der Waals surface area contributed by atoms with Gasteiger partial charge < -0.3 is 14.6 Å². The van der Waals surface area contributed by atoms with Crippen molar-refractivity contribution in [1.29, 1.82) is 0 Å². The Bertz CT molecular complexity index is 1270. The summed E-state index contributed by atoms with van der Waals surface area (Å²) in [4.78, 5) is 28.0. The molecular weight excluding hydrogens is 437 g/mol. The van der Waals surface area contributed by atoms with Gasteiger partial charge in [-0.25, -0.2) is 4.39 Å². The molecule has 1 fully saturated rings. The molecule has 1 aliphatic heterocycles.